The van der Waals surface area contributed by atoms with E-state index in [0.717, 1.165) is 17.7 Å². The van der Waals surface area contributed by atoms with E-state index < -0.39 is 6.09 Å². The van der Waals surface area contributed by atoms with Gasteiger partial charge in [0.2, 0.25) is 5.91 Å². The molecule has 2 heterocycles. The van der Waals surface area contributed by atoms with Gasteiger partial charge in [-0.05, 0) is 24.1 Å². The van der Waals surface area contributed by atoms with Crippen LogP contribution in [0.1, 0.15) is 24.8 Å². The second-order valence-electron chi connectivity index (χ2n) is 6.55. The van der Waals surface area contributed by atoms with Crippen molar-refractivity contribution in [1.82, 2.24) is 10.2 Å². The van der Waals surface area contributed by atoms with E-state index in [2.05, 4.69) is 5.32 Å². The van der Waals surface area contributed by atoms with Crippen LogP contribution in [-0.2, 0) is 14.3 Å². The minimum absolute atomic E-state index is 0.151. The fourth-order valence-corrected chi connectivity index (χ4v) is 3.35. The first-order valence-electron chi connectivity index (χ1n) is 8.63. The Morgan fingerprint density at radius 1 is 1.27 bits per heavy atom. The molecule has 2 unspecified atom stereocenters. The molecule has 0 aromatic heterocycles. The van der Waals surface area contributed by atoms with E-state index in [-0.39, 0.29) is 24.0 Å². The van der Waals surface area contributed by atoms with Crippen LogP contribution in [0.2, 0.25) is 0 Å². The van der Waals surface area contributed by atoms with Gasteiger partial charge in [-0.2, -0.15) is 0 Å². The molecule has 1 N–H and O–H groups in total. The van der Waals surface area contributed by atoms with Gasteiger partial charge in [0.05, 0.1) is 20.2 Å². The lowest BCUT2D eigenvalue weighted by atomic mass is 9.98. The maximum Gasteiger partial charge on any atom is 0.414 e. The second-order valence-corrected chi connectivity index (χ2v) is 6.55. The van der Waals surface area contributed by atoms with Crippen molar-refractivity contribution in [3.8, 4) is 0 Å². The molecule has 2 atom stereocenters. The summed E-state index contributed by atoms with van der Waals surface area (Å²) in [6.45, 7) is 3.45. The van der Waals surface area contributed by atoms with Crippen LogP contribution in [0.4, 0.5) is 15.3 Å². The summed E-state index contributed by atoms with van der Waals surface area (Å²) in [5.41, 5.74) is 1.88. The van der Waals surface area contributed by atoms with Crippen LogP contribution < -0.4 is 10.2 Å². The summed E-state index contributed by atoms with van der Waals surface area (Å²) in [4.78, 5) is 37.9. The SMILES string of the molecule is COC(=O)N1CCC(c2ccc(N3CC(CNC(C)=O)OC3=O)cc2)C1. The highest BCUT2D eigenvalue weighted by atomic mass is 16.6. The van der Waals surface area contributed by atoms with Crippen molar-refractivity contribution in [2.75, 3.05) is 38.2 Å². The van der Waals surface area contributed by atoms with Crippen LogP contribution in [0.3, 0.4) is 0 Å². The Hall–Kier alpha value is -2.77. The zero-order valence-corrected chi connectivity index (χ0v) is 14.9. The number of methoxy groups -OCH3 is 1. The van der Waals surface area contributed by atoms with Crippen LogP contribution >= 0.6 is 0 Å². The summed E-state index contributed by atoms with van der Waals surface area (Å²) in [5, 5.41) is 2.66. The average molecular weight is 361 g/mol. The van der Waals surface area contributed by atoms with Crippen molar-refractivity contribution in [3.05, 3.63) is 29.8 Å². The minimum Gasteiger partial charge on any atom is -0.453 e. The van der Waals surface area contributed by atoms with Gasteiger partial charge in [0.15, 0.2) is 0 Å². The Morgan fingerprint density at radius 2 is 2.00 bits per heavy atom. The number of nitrogens with one attached hydrogen (secondary N) is 1. The lowest BCUT2D eigenvalue weighted by molar-refractivity contribution is -0.119. The van der Waals surface area contributed by atoms with E-state index in [1.807, 2.05) is 24.3 Å². The van der Waals surface area contributed by atoms with Gasteiger partial charge in [0, 0.05) is 31.6 Å². The molecule has 1 aromatic carbocycles. The van der Waals surface area contributed by atoms with E-state index in [0.29, 0.717) is 26.2 Å². The number of nitrogens with zero attached hydrogens (tertiary/aromatic N) is 2. The van der Waals surface area contributed by atoms with Gasteiger partial charge in [-0.3, -0.25) is 9.69 Å². The van der Waals surface area contributed by atoms with Crippen LogP contribution in [0.15, 0.2) is 24.3 Å². The number of amides is 3. The van der Waals surface area contributed by atoms with E-state index in [9.17, 15) is 14.4 Å². The third kappa shape index (κ3) is 3.89. The quantitative estimate of drug-likeness (QED) is 0.882. The molecule has 0 bridgehead atoms. The Balaban J connectivity index is 1.60. The fourth-order valence-electron chi connectivity index (χ4n) is 3.35. The van der Waals surface area contributed by atoms with Gasteiger partial charge in [0.25, 0.3) is 0 Å². The summed E-state index contributed by atoms with van der Waals surface area (Å²) in [6, 6.07) is 7.74. The van der Waals surface area contributed by atoms with Crippen LogP contribution in [0.25, 0.3) is 0 Å². The van der Waals surface area contributed by atoms with Crippen molar-refractivity contribution in [1.29, 1.82) is 0 Å². The Labute approximate surface area is 152 Å². The Kier molecular flexibility index (Phi) is 5.29. The molecule has 2 fully saturated rings. The molecule has 0 spiro atoms. The molecule has 140 valence electrons. The molecule has 1 aromatic rings. The van der Waals surface area contributed by atoms with E-state index in [4.69, 9.17) is 9.47 Å². The molecule has 3 rings (SSSR count). The number of rotatable bonds is 4. The molecule has 0 radical (unpaired) electrons. The van der Waals surface area contributed by atoms with Gasteiger partial charge in [-0.15, -0.1) is 0 Å². The van der Waals surface area contributed by atoms with Gasteiger partial charge in [0.1, 0.15) is 6.10 Å². The number of ether oxygens (including phenoxy) is 2. The number of hydrogen-bond acceptors (Lipinski definition) is 5. The van der Waals surface area contributed by atoms with Gasteiger partial charge < -0.3 is 19.7 Å². The van der Waals surface area contributed by atoms with Crippen molar-refractivity contribution < 1.29 is 23.9 Å². The first-order chi connectivity index (χ1) is 12.5. The first kappa shape index (κ1) is 18.0. The fraction of sp³-hybridized carbons (Fsp3) is 0.500. The number of benzene rings is 1. The number of anilines is 1. The maximum atomic E-state index is 12.1. The zero-order valence-electron chi connectivity index (χ0n) is 14.9. The topological polar surface area (TPSA) is 88.2 Å². The van der Waals surface area contributed by atoms with E-state index in [1.165, 1.54) is 14.0 Å². The van der Waals surface area contributed by atoms with Crippen LogP contribution in [0.5, 0.6) is 0 Å². The molecule has 0 aliphatic carbocycles. The maximum absolute atomic E-state index is 12.1. The van der Waals surface area contributed by atoms with E-state index in [1.54, 1.807) is 9.80 Å². The summed E-state index contributed by atoms with van der Waals surface area (Å²) < 4.78 is 10.0. The smallest absolute Gasteiger partial charge is 0.414 e. The molecule has 26 heavy (non-hydrogen) atoms. The van der Waals surface area contributed by atoms with E-state index >= 15 is 0 Å². The average Bonchev–Trinajstić information content (AvgIpc) is 3.26. The summed E-state index contributed by atoms with van der Waals surface area (Å²) in [7, 11) is 1.39. The number of carbonyl (C=O) groups is 3. The van der Waals surface area contributed by atoms with Gasteiger partial charge >= 0.3 is 12.2 Å². The highest BCUT2D eigenvalue weighted by Crippen LogP contribution is 2.30. The molecule has 3 amide bonds. The molecule has 2 aliphatic rings. The number of carbonyl (C=O) groups excluding carboxylic acids is 3. The van der Waals surface area contributed by atoms with Crippen molar-refractivity contribution in [2.45, 2.75) is 25.4 Å². The molecule has 2 saturated heterocycles. The largest absolute Gasteiger partial charge is 0.453 e. The summed E-state index contributed by atoms with van der Waals surface area (Å²) in [5.74, 6) is 0.114. The Bertz CT molecular complexity index is 691. The summed E-state index contributed by atoms with van der Waals surface area (Å²) >= 11 is 0. The number of cyclic esters (lactones) is 1. The van der Waals surface area contributed by atoms with Crippen LogP contribution in [0, 0.1) is 0 Å². The lowest BCUT2D eigenvalue weighted by Crippen LogP contribution is -2.33. The standard InChI is InChI=1S/C18H23N3O5/c1-12(22)19-9-16-11-21(18(24)26-16)15-5-3-13(4-6-15)14-7-8-20(10-14)17(23)25-2/h3-6,14,16H,7-11H2,1-2H3,(H,19,22). The Morgan fingerprint density at radius 3 is 2.65 bits per heavy atom. The third-order valence-electron chi connectivity index (χ3n) is 4.75. The summed E-state index contributed by atoms with van der Waals surface area (Å²) in [6.07, 6.45) is -0.173. The minimum atomic E-state index is -0.411. The van der Waals surface area contributed by atoms with Crippen molar-refractivity contribution in [3.63, 3.8) is 0 Å². The molecule has 2 aliphatic heterocycles. The molecule has 8 heteroatoms. The monoisotopic (exact) mass is 361 g/mol. The van der Waals surface area contributed by atoms with Crippen LogP contribution in [-0.4, -0.2) is 62.4 Å². The van der Waals surface area contributed by atoms with Crippen molar-refractivity contribution in [2.24, 2.45) is 0 Å². The highest BCUT2D eigenvalue weighted by molar-refractivity contribution is 5.89. The lowest BCUT2D eigenvalue weighted by Gasteiger charge is -2.16. The number of hydrogen-bond donors (Lipinski definition) is 1. The highest BCUT2D eigenvalue weighted by Gasteiger charge is 2.33. The predicted octanol–water partition coefficient (Wildman–Crippen LogP) is 1.70. The normalized spacial score (nSPS) is 22.3. The first-order valence-corrected chi connectivity index (χ1v) is 8.63. The number of likely N-dealkylation sites (tertiary alicyclic amines) is 1. The van der Waals surface area contributed by atoms with Crippen molar-refractivity contribution >= 4 is 23.8 Å². The predicted molar refractivity (Wildman–Crippen MR) is 94.1 cm³/mol. The molecule has 8 nitrogen and oxygen atoms in total. The second kappa shape index (κ2) is 7.63. The molecule has 0 saturated carbocycles. The molecular weight excluding hydrogens is 338 g/mol. The molecular formula is C18H23N3O5. The van der Waals surface area contributed by atoms with Gasteiger partial charge in [-0.1, -0.05) is 12.1 Å². The van der Waals surface area contributed by atoms with Gasteiger partial charge in [-0.25, -0.2) is 9.59 Å². The third-order valence-corrected chi connectivity index (χ3v) is 4.75. The zero-order chi connectivity index (χ0) is 18.7.